The molecule has 1 aliphatic carbocycles. The van der Waals surface area contributed by atoms with E-state index in [1.807, 2.05) is 28.6 Å². The molecule has 0 bridgehead atoms. The molecule has 34 heavy (non-hydrogen) atoms. The first kappa shape index (κ1) is 23.2. The summed E-state index contributed by atoms with van der Waals surface area (Å²) in [6.07, 6.45) is 4.97. The van der Waals surface area contributed by atoms with Crippen LogP contribution in [0.4, 0.5) is 10.5 Å². The van der Waals surface area contributed by atoms with Crippen LogP contribution in [0, 0.1) is 0 Å². The van der Waals surface area contributed by atoms with Gasteiger partial charge in [0.2, 0.25) is 0 Å². The third-order valence-electron chi connectivity index (χ3n) is 6.55. The van der Waals surface area contributed by atoms with E-state index in [-0.39, 0.29) is 18.0 Å². The van der Waals surface area contributed by atoms with E-state index >= 15 is 0 Å². The van der Waals surface area contributed by atoms with Gasteiger partial charge in [-0.05, 0) is 37.9 Å². The molecule has 5 rings (SSSR count). The number of carbonyl (C=O) groups excluding carboxylic acids is 2. The highest BCUT2D eigenvalue weighted by Crippen LogP contribution is 2.36. The minimum Gasteiger partial charge on any atom is -0.375 e. The van der Waals surface area contributed by atoms with Crippen LogP contribution in [0.15, 0.2) is 23.4 Å². The maximum absolute atomic E-state index is 13.0. The molecule has 11 nitrogen and oxygen atoms in total. The Hall–Kier alpha value is -2.54. The molecule has 0 unspecified atom stereocenters. The molecule has 0 aromatic carbocycles. The van der Waals surface area contributed by atoms with Gasteiger partial charge in [0.05, 0.1) is 17.9 Å². The van der Waals surface area contributed by atoms with Crippen LogP contribution in [0.3, 0.4) is 0 Å². The van der Waals surface area contributed by atoms with Crippen molar-refractivity contribution in [2.24, 2.45) is 0 Å². The van der Waals surface area contributed by atoms with Gasteiger partial charge in [-0.3, -0.25) is 9.20 Å². The Morgan fingerprint density at radius 3 is 2.53 bits per heavy atom. The fourth-order valence-corrected chi connectivity index (χ4v) is 5.19. The van der Waals surface area contributed by atoms with Crippen LogP contribution in [0.25, 0.3) is 5.65 Å². The van der Waals surface area contributed by atoms with Crippen LogP contribution in [0.5, 0.6) is 0 Å². The minimum atomic E-state index is -0.816. The molecule has 3 N–H and O–H groups in total. The first-order valence-corrected chi connectivity index (χ1v) is 12.4. The molecule has 0 atom stereocenters. The van der Waals surface area contributed by atoms with Crippen LogP contribution in [0.2, 0.25) is 0 Å². The highest BCUT2D eigenvalue weighted by Gasteiger charge is 2.40. The number of pyridine rings is 1. The summed E-state index contributed by atoms with van der Waals surface area (Å²) in [7, 11) is 5.55. The largest absolute Gasteiger partial charge is 0.375 e. The van der Waals surface area contributed by atoms with E-state index in [2.05, 4.69) is 24.8 Å². The van der Waals surface area contributed by atoms with E-state index in [0.717, 1.165) is 36.5 Å². The van der Waals surface area contributed by atoms with E-state index in [1.165, 1.54) is 11.9 Å². The number of likely N-dealkylation sites (N-methyl/N-ethyl adjacent to an activating group) is 1. The van der Waals surface area contributed by atoms with E-state index < -0.39 is 5.72 Å². The second-order valence-corrected chi connectivity index (χ2v) is 10.6. The first-order valence-electron chi connectivity index (χ1n) is 11.6. The summed E-state index contributed by atoms with van der Waals surface area (Å²) in [6, 6.07) is 2.20. The van der Waals surface area contributed by atoms with Crippen molar-refractivity contribution in [3.63, 3.8) is 0 Å². The molecule has 2 aromatic rings. The SMILES string of the molecule is CN1CC(NC(=O)c2cnc3c(N4CCN(C(=O)N(C)C)CC4)cc(SNC4(O)CC4)cn23)C1. The Kier molecular flexibility index (Phi) is 6.09. The Bertz CT molecular complexity index is 1090. The molecule has 2 saturated heterocycles. The smallest absolute Gasteiger partial charge is 0.319 e. The van der Waals surface area contributed by atoms with Crippen molar-refractivity contribution in [3.05, 3.63) is 24.2 Å². The highest BCUT2D eigenvalue weighted by molar-refractivity contribution is 7.97. The van der Waals surface area contributed by atoms with Gasteiger partial charge in [-0.25, -0.2) is 14.5 Å². The first-order chi connectivity index (χ1) is 16.2. The number of carbonyl (C=O) groups is 2. The number of piperazine rings is 1. The predicted molar refractivity (Wildman–Crippen MR) is 130 cm³/mol. The molecule has 12 heteroatoms. The van der Waals surface area contributed by atoms with Crippen LogP contribution in [0.1, 0.15) is 23.3 Å². The minimum absolute atomic E-state index is 0.0115. The number of nitrogens with one attached hydrogen (secondary N) is 2. The van der Waals surface area contributed by atoms with Gasteiger partial charge < -0.3 is 30.0 Å². The zero-order valence-corrected chi connectivity index (χ0v) is 20.6. The quantitative estimate of drug-likeness (QED) is 0.393. The number of likely N-dealkylation sites (tertiary alicyclic amines) is 1. The van der Waals surface area contributed by atoms with Crippen LogP contribution in [-0.4, -0.2) is 113 Å². The summed E-state index contributed by atoms with van der Waals surface area (Å²) in [5, 5.41) is 13.3. The topological polar surface area (TPSA) is 109 Å². The summed E-state index contributed by atoms with van der Waals surface area (Å²) < 4.78 is 4.97. The van der Waals surface area contributed by atoms with Gasteiger partial charge in [0.15, 0.2) is 5.65 Å². The molecule has 3 amide bonds. The van der Waals surface area contributed by atoms with E-state index in [4.69, 9.17) is 0 Å². The number of rotatable bonds is 6. The average molecular weight is 489 g/mol. The number of aromatic nitrogens is 2. The molecule has 184 valence electrons. The number of urea groups is 1. The van der Waals surface area contributed by atoms with E-state index in [0.29, 0.717) is 37.5 Å². The summed E-state index contributed by atoms with van der Waals surface area (Å²) in [4.78, 5) is 38.7. The molecular weight excluding hydrogens is 456 g/mol. The van der Waals surface area contributed by atoms with Gasteiger partial charge in [0, 0.05) is 64.5 Å². The van der Waals surface area contributed by atoms with E-state index in [9.17, 15) is 14.7 Å². The fourth-order valence-electron chi connectivity index (χ4n) is 4.35. The van der Waals surface area contributed by atoms with Crippen LogP contribution >= 0.6 is 11.9 Å². The number of hydrogen-bond acceptors (Lipinski definition) is 8. The second-order valence-electron chi connectivity index (χ2n) is 9.68. The average Bonchev–Trinajstić information content (AvgIpc) is 3.38. The standard InChI is InChI=1S/C22H32N8O3S/c1-26(2)21(32)29-8-6-28(7-9-29)17-10-16(34-25-22(33)4-5-22)14-30-18(11-23-19(17)30)20(31)24-15-12-27(3)13-15/h10-11,14-15,25,33H,4-9,12-13H2,1-3H3,(H,24,31). The van der Waals surface area contributed by atoms with Crippen molar-refractivity contribution < 1.29 is 14.7 Å². The van der Waals surface area contributed by atoms with E-state index in [1.54, 1.807) is 25.2 Å². The number of imidazole rings is 1. The van der Waals surface area contributed by atoms with Gasteiger partial charge in [0.25, 0.3) is 5.91 Å². The maximum Gasteiger partial charge on any atom is 0.319 e. The van der Waals surface area contributed by atoms with Crippen molar-refractivity contribution >= 4 is 35.2 Å². The van der Waals surface area contributed by atoms with Gasteiger partial charge in [-0.1, -0.05) is 0 Å². The van der Waals surface area contributed by atoms with Crippen LogP contribution < -0.4 is 14.9 Å². The second kappa shape index (κ2) is 8.91. The molecule has 0 spiro atoms. The number of nitrogens with zero attached hydrogens (tertiary/aromatic N) is 6. The van der Waals surface area contributed by atoms with Gasteiger partial charge >= 0.3 is 6.03 Å². The Balaban J connectivity index is 1.41. The monoisotopic (exact) mass is 488 g/mol. The third kappa shape index (κ3) is 4.67. The number of hydrogen-bond donors (Lipinski definition) is 3. The fraction of sp³-hybridized carbons (Fsp3) is 0.591. The number of aliphatic hydroxyl groups is 1. The normalized spacial score (nSPS) is 20.4. The van der Waals surface area contributed by atoms with Crippen molar-refractivity contribution in [1.29, 1.82) is 0 Å². The van der Waals surface area contributed by atoms with Crippen molar-refractivity contribution in [2.45, 2.75) is 29.5 Å². The molecule has 0 radical (unpaired) electrons. The Morgan fingerprint density at radius 2 is 1.91 bits per heavy atom. The predicted octanol–water partition coefficient (Wildman–Crippen LogP) is 0.261. The molecule has 3 aliphatic rings. The molecule has 2 aliphatic heterocycles. The molecule has 3 fully saturated rings. The molecule has 2 aromatic heterocycles. The zero-order chi connectivity index (χ0) is 24.0. The molecular formula is C22H32N8O3S. The van der Waals surface area contributed by atoms with Crippen molar-refractivity contribution in [3.8, 4) is 0 Å². The number of fused-ring (bicyclic) bond motifs is 1. The van der Waals surface area contributed by atoms with Gasteiger partial charge in [-0.15, -0.1) is 0 Å². The highest BCUT2D eigenvalue weighted by atomic mass is 32.2. The zero-order valence-electron chi connectivity index (χ0n) is 19.8. The lowest BCUT2D eigenvalue weighted by atomic mass is 10.1. The summed E-state index contributed by atoms with van der Waals surface area (Å²) >= 11 is 1.36. The Labute approximate surface area is 203 Å². The molecule has 1 saturated carbocycles. The van der Waals surface area contributed by atoms with Crippen LogP contribution in [-0.2, 0) is 0 Å². The summed E-state index contributed by atoms with van der Waals surface area (Å²) in [6.45, 7) is 4.25. The summed E-state index contributed by atoms with van der Waals surface area (Å²) in [5.41, 5.74) is 1.29. The van der Waals surface area contributed by atoms with Gasteiger partial charge in [0.1, 0.15) is 11.4 Å². The number of anilines is 1. The van der Waals surface area contributed by atoms with Gasteiger partial charge in [-0.2, -0.15) is 0 Å². The lowest BCUT2D eigenvalue weighted by Gasteiger charge is -2.37. The lowest BCUT2D eigenvalue weighted by Crippen LogP contribution is -2.57. The number of amides is 3. The maximum atomic E-state index is 13.0. The Morgan fingerprint density at radius 1 is 1.21 bits per heavy atom. The molecule has 4 heterocycles. The lowest BCUT2D eigenvalue weighted by molar-refractivity contribution is 0.0851. The summed E-state index contributed by atoms with van der Waals surface area (Å²) in [5.74, 6) is -0.145. The third-order valence-corrected chi connectivity index (χ3v) is 7.49. The van der Waals surface area contributed by atoms with Crippen molar-refractivity contribution in [2.75, 3.05) is 65.3 Å². The van der Waals surface area contributed by atoms with Crippen molar-refractivity contribution in [1.82, 2.24) is 34.1 Å².